The van der Waals surface area contributed by atoms with Crippen LogP contribution in [-0.2, 0) is 13.1 Å². The van der Waals surface area contributed by atoms with Crippen molar-refractivity contribution in [2.75, 3.05) is 20.6 Å². The molecule has 0 bridgehead atoms. The van der Waals surface area contributed by atoms with Crippen LogP contribution in [0.5, 0.6) is 0 Å². The number of amides is 2. The molecule has 2 amide bonds. The Morgan fingerprint density at radius 1 is 1.23 bits per heavy atom. The number of carbonyl (C=O) groups is 2. The zero-order valence-electron chi connectivity index (χ0n) is 17.2. The van der Waals surface area contributed by atoms with Gasteiger partial charge in [-0.25, -0.2) is 9.07 Å². The number of carbonyl (C=O) groups excluding carboxylic acids is 2. The molecule has 0 radical (unpaired) electrons. The molecule has 0 atom stereocenters. The van der Waals surface area contributed by atoms with Gasteiger partial charge < -0.3 is 14.8 Å². The molecule has 9 heteroatoms. The first-order valence-corrected chi connectivity index (χ1v) is 9.61. The van der Waals surface area contributed by atoms with Gasteiger partial charge >= 0.3 is 0 Å². The monoisotopic (exact) mass is 411 g/mol. The standard InChI is InChI=1S/C21H22FN5O3/c1-11-16-18(26-8-7-25(4)21(30)17(11)26)12(2)24-27(20(16)29)10-13-5-6-14(22)9-15(13)19(28)23-3/h5-6,9H,7-8,10H2,1-4H3,(H,23,28). The number of hydrogen-bond donors (Lipinski definition) is 1. The van der Waals surface area contributed by atoms with Gasteiger partial charge in [0.05, 0.1) is 23.1 Å². The van der Waals surface area contributed by atoms with Crippen LogP contribution in [0.25, 0.3) is 10.9 Å². The zero-order chi connectivity index (χ0) is 21.7. The Bertz CT molecular complexity index is 1270. The first kappa shape index (κ1) is 19.8. The number of fused-ring (bicyclic) bond motifs is 3. The summed E-state index contributed by atoms with van der Waals surface area (Å²) in [6.07, 6.45) is 0. The Morgan fingerprint density at radius 3 is 2.67 bits per heavy atom. The van der Waals surface area contributed by atoms with Gasteiger partial charge in [-0.3, -0.25) is 14.4 Å². The van der Waals surface area contributed by atoms with Crippen molar-refractivity contribution in [3.8, 4) is 0 Å². The fraction of sp³-hybridized carbons (Fsp3) is 0.333. The minimum absolute atomic E-state index is 0.00640. The summed E-state index contributed by atoms with van der Waals surface area (Å²) >= 11 is 0. The smallest absolute Gasteiger partial charge is 0.276 e. The molecule has 3 aromatic rings. The molecule has 4 rings (SSSR count). The molecule has 1 N–H and O–H groups in total. The molecule has 2 aromatic heterocycles. The van der Waals surface area contributed by atoms with E-state index >= 15 is 0 Å². The predicted molar refractivity (Wildman–Crippen MR) is 109 cm³/mol. The Hall–Kier alpha value is -3.49. The maximum absolute atomic E-state index is 13.7. The molecule has 156 valence electrons. The average molecular weight is 411 g/mol. The van der Waals surface area contributed by atoms with Crippen LogP contribution in [0, 0.1) is 19.7 Å². The predicted octanol–water partition coefficient (Wildman–Crippen LogP) is 1.45. The van der Waals surface area contributed by atoms with Crippen LogP contribution >= 0.6 is 0 Å². The lowest BCUT2D eigenvalue weighted by Gasteiger charge is -2.25. The second kappa shape index (κ2) is 7.08. The molecule has 0 fully saturated rings. The summed E-state index contributed by atoms with van der Waals surface area (Å²) in [5.41, 5.74) is 2.67. The fourth-order valence-corrected chi connectivity index (χ4v) is 4.12. The molecule has 0 spiro atoms. The van der Waals surface area contributed by atoms with Gasteiger partial charge in [0.2, 0.25) is 0 Å². The third kappa shape index (κ3) is 2.89. The number of aromatic nitrogens is 3. The molecule has 0 saturated heterocycles. The SMILES string of the molecule is CNC(=O)c1cc(F)ccc1Cn1nc(C)c2c(c(C)c3n2CCN(C)C3=O)c1=O. The van der Waals surface area contributed by atoms with Crippen molar-refractivity contribution < 1.29 is 14.0 Å². The lowest BCUT2D eigenvalue weighted by Crippen LogP contribution is -2.37. The third-order valence-corrected chi connectivity index (χ3v) is 5.64. The summed E-state index contributed by atoms with van der Waals surface area (Å²) < 4.78 is 16.8. The van der Waals surface area contributed by atoms with Crippen molar-refractivity contribution >= 4 is 22.7 Å². The minimum Gasteiger partial charge on any atom is -0.355 e. The first-order valence-electron chi connectivity index (χ1n) is 9.61. The fourth-order valence-electron chi connectivity index (χ4n) is 4.12. The van der Waals surface area contributed by atoms with Crippen LogP contribution in [0.4, 0.5) is 4.39 Å². The summed E-state index contributed by atoms with van der Waals surface area (Å²) in [6, 6.07) is 3.86. The number of likely N-dealkylation sites (N-methyl/N-ethyl adjacent to an activating group) is 1. The Labute approximate surface area is 171 Å². The van der Waals surface area contributed by atoms with E-state index in [1.54, 1.807) is 25.8 Å². The van der Waals surface area contributed by atoms with E-state index in [1.807, 2.05) is 4.57 Å². The summed E-state index contributed by atoms with van der Waals surface area (Å²) in [6.45, 7) is 4.71. The molecular weight excluding hydrogens is 389 g/mol. The van der Waals surface area contributed by atoms with Gasteiger partial charge in [0, 0.05) is 32.7 Å². The van der Waals surface area contributed by atoms with Gasteiger partial charge in [0.15, 0.2) is 0 Å². The summed E-state index contributed by atoms with van der Waals surface area (Å²) in [5, 5.41) is 7.37. The van der Waals surface area contributed by atoms with Gasteiger partial charge in [-0.15, -0.1) is 0 Å². The van der Waals surface area contributed by atoms with Crippen LogP contribution in [-0.4, -0.2) is 51.7 Å². The molecule has 0 saturated carbocycles. The maximum atomic E-state index is 13.7. The minimum atomic E-state index is -0.539. The van der Waals surface area contributed by atoms with Crippen LogP contribution in [0.1, 0.15) is 37.7 Å². The molecule has 0 unspecified atom stereocenters. The van der Waals surface area contributed by atoms with Crippen LogP contribution in [0.2, 0.25) is 0 Å². The number of aryl methyl sites for hydroxylation is 2. The van der Waals surface area contributed by atoms with Gasteiger partial charge in [-0.05, 0) is 37.1 Å². The highest BCUT2D eigenvalue weighted by Gasteiger charge is 2.30. The summed E-state index contributed by atoms with van der Waals surface area (Å²) in [5.74, 6) is -1.11. The maximum Gasteiger partial charge on any atom is 0.276 e. The number of rotatable bonds is 3. The van der Waals surface area contributed by atoms with E-state index < -0.39 is 11.7 Å². The van der Waals surface area contributed by atoms with Crippen molar-refractivity contribution in [2.45, 2.75) is 26.9 Å². The van der Waals surface area contributed by atoms with E-state index in [4.69, 9.17) is 0 Å². The zero-order valence-corrected chi connectivity index (χ0v) is 17.2. The van der Waals surface area contributed by atoms with Crippen LogP contribution in [0.15, 0.2) is 23.0 Å². The quantitative estimate of drug-likeness (QED) is 0.707. The second-order valence-corrected chi connectivity index (χ2v) is 7.50. The van der Waals surface area contributed by atoms with Crippen molar-refractivity contribution in [3.05, 3.63) is 62.4 Å². The first-order chi connectivity index (χ1) is 14.2. The van der Waals surface area contributed by atoms with Crippen molar-refractivity contribution in [2.24, 2.45) is 0 Å². The Kier molecular flexibility index (Phi) is 4.68. The van der Waals surface area contributed by atoms with E-state index in [1.165, 1.54) is 23.9 Å². The van der Waals surface area contributed by atoms with Gasteiger partial charge in [-0.1, -0.05) is 6.07 Å². The lowest BCUT2D eigenvalue weighted by molar-refractivity contribution is 0.0750. The van der Waals surface area contributed by atoms with E-state index in [2.05, 4.69) is 10.4 Å². The molecule has 0 aliphatic carbocycles. The van der Waals surface area contributed by atoms with Crippen molar-refractivity contribution in [1.82, 2.24) is 24.6 Å². The number of nitrogens with one attached hydrogen (secondary N) is 1. The largest absolute Gasteiger partial charge is 0.355 e. The molecule has 1 aromatic carbocycles. The van der Waals surface area contributed by atoms with E-state index in [9.17, 15) is 18.8 Å². The highest BCUT2D eigenvalue weighted by Crippen LogP contribution is 2.28. The summed E-state index contributed by atoms with van der Waals surface area (Å²) in [7, 11) is 3.20. The molecule has 1 aliphatic heterocycles. The normalized spacial score (nSPS) is 13.6. The van der Waals surface area contributed by atoms with Gasteiger partial charge in [0.25, 0.3) is 17.4 Å². The number of nitrogens with zero attached hydrogens (tertiary/aromatic N) is 4. The van der Waals surface area contributed by atoms with Gasteiger partial charge in [0.1, 0.15) is 11.5 Å². The van der Waals surface area contributed by atoms with E-state index in [0.717, 1.165) is 6.07 Å². The van der Waals surface area contributed by atoms with Gasteiger partial charge in [-0.2, -0.15) is 5.10 Å². The molecule has 30 heavy (non-hydrogen) atoms. The molecule has 1 aliphatic rings. The van der Waals surface area contributed by atoms with Crippen molar-refractivity contribution in [1.29, 1.82) is 0 Å². The molecular formula is C21H22FN5O3. The van der Waals surface area contributed by atoms with E-state index in [-0.39, 0.29) is 23.6 Å². The van der Waals surface area contributed by atoms with Crippen molar-refractivity contribution in [3.63, 3.8) is 0 Å². The third-order valence-electron chi connectivity index (χ3n) is 5.64. The van der Waals surface area contributed by atoms with Crippen LogP contribution < -0.4 is 10.9 Å². The molecule has 3 heterocycles. The average Bonchev–Trinajstić information content (AvgIpc) is 3.03. The highest BCUT2D eigenvalue weighted by atomic mass is 19.1. The highest BCUT2D eigenvalue weighted by molar-refractivity contribution is 6.02. The topological polar surface area (TPSA) is 89.2 Å². The second-order valence-electron chi connectivity index (χ2n) is 7.50. The summed E-state index contributed by atoms with van der Waals surface area (Å²) in [4.78, 5) is 39.8. The Balaban J connectivity index is 1.91. The number of benzene rings is 1. The number of hydrogen-bond acceptors (Lipinski definition) is 4. The number of halogens is 1. The lowest BCUT2D eigenvalue weighted by atomic mass is 10.1. The van der Waals surface area contributed by atoms with Crippen LogP contribution in [0.3, 0.4) is 0 Å². The van der Waals surface area contributed by atoms with E-state index in [0.29, 0.717) is 46.5 Å². The molecule has 8 nitrogen and oxygen atoms in total. The Morgan fingerprint density at radius 2 is 1.97 bits per heavy atom.